The first-order valence-corrected chi connectivity index (χ1v) is 12.0. The molecule has 0 saturated carbocycles. The van der Waals surface area contributed by atoms with E-state index in [0.29, 0.717) is 19.4 Å². The van der Waals surface area contributed by atoms with Crippen molar-refractivity contribution in [3.63, 3.8) is 0 Å². The van der Waals surface area contributed by atoms with Crippen LogP contribution in [0.25, 0.3) is 16.3 Å². The molecule has 0 bridgehead atoms. The Morgan fingerprint density at radius 2 is 1.82 bits per heavy atom. The molecule has 1 atom stereocenters. The zero-order valence-corrected chi connectivity index (χ0v) is 20.1. The lowest BCUT2D eigenvalue weighted by Gasteiger charge is -2.28. The van der Waals surface area contributed by atoms with Crippen LogP contribution in [0.15, 0.2) is 72.8 Å². The Morgan fingerprint density at radius 1 is 1.06 bits per heavy atom. The van der Waals surface area contributed by atoms with Crippen molar-refractivity contribution in [2.45, 2.75) is 25.4 Å². The summed E-state index contributed by atoms with van der Waals surface area (Å²) < 4.78 is 5.95. The first-order valence-electron chi connectivity index (χ1n) is 12.0. The average molecular weight is 459 g/mol. The molecule has 5 heteroatoms. The van der Waals surface area contributed by atoms with Gasteiger partial charge in [-0.15, -0.1) is 0 Å². The second-order valence-corrected chi connectivity index (χ2v) is 9.16. The molecule has 0 radical (unpaired) electrons. The third kappa shape index (κ3) is 6.25. The fourth-order valence-corrected chi connectivity index (χ4v) is 4.38. The lowest BCUT2D eigenvalue weighted by molar-refractivity contribution is -0.128. The minimum Gasteiger partial charge on any atom is -0.491 e. The number of nitrogens with zero attached hydrogens (tertiary/aromatic N) is 2. The number of carbonyl (C=O) groups is 1. The van der Waals surface area contributed by atoms with Crippen LogP contribution < -0.4 is 4.74 Å². The molecule has 0 spiro atoms. The van der Waals surface area contributed by atoms with Gasteiger partial charge in [-0.05, 0) is 52.4 Å². The van der Waals surface area contributed by atoms with Gasteiger partial charge in [-0.3, -0.25) is 9.69 Å². The summed E-state index contributed by atoms with van der Waals surface area (Å²) in [5.41, 5.74) is 3.64. The number of benzene rings is 3. The van der Waals surface area contributed by atoms with Gasteiger partial charge >= 0.3 is 0 Å². The Labute approximate surface area is 202 Å². The second kappa shape index (κ2) is 11.3. The predicted octanol–water partition coefficient (Wildman–Crippen LogP) is 4.39. The molecular weight excluding hydrogens is 424 g/mol. The number of amides is 1. The Morgan fingerprint density at radius 3 is 2.59 bits per heavy atom. The van der Waals surface area contributed by atoms with Crippen LogP contribution in [0.3, 0.4) is 0 Å². The Kier molecular flexibility index (Phi) is 7.99. The van der Waals surface area contributed by atoms with Crippen molar-refractivity contribution >= 4 is 22.3 Å². The van der Waals surface area contributed by atoms with Crippen molar-refractivity contribution in [1.82, 2.24) is 9.80 Å². The van der Waals surface area contributed by atoms with E-state index in [-0.39, 0.29) is 12.5 Å². The molecule has 1 heterocycles. The minimum atomic E-state index is -0.577. The molecule has 3 aromatic rings. The molecule has 178 valence electrons. The van der Waals surface area contributed by atoms with Crippen LogP contribution >= 0.6 is 0 Å². The third-order valence-electron chi connectivity index (χ3n) is 6.39. The Bertz CT molecular complexity index is 1150. The van der Waals surface area contributed by atoms with Crippen molar-refractivity contribution < 1.29 is 14.6 Å². The van der Waals surface area contributed by atoms with Crippen molar-refractivity contribution in [3.8, 4) is 5.75 Å². The summed E-state index contributed by atoms with van der Waals surface area (Å²) in [6, 6.07) is 22.9. The molecule has 5 nitrogen and oxygen atoms in total. The van der Waals surface area contributed by atoms with Crippen LogP contribution in [0.4, 0.5) is 0 Å². The van der Waals surface area contributed by atoms with Crippen molar-refractivity contribution in [1.29, 1.82) is 0 Å². The highest BCUT2D eigenvalue weighted by Gasteiger charge is 2.17. The highest BCUT2D eigenvalue weighted by atomic mass is 16.5. The summed E-state index contributed by atoms with van der Waals surface area (Å²) in [6.45, 7) is 2.54. The summed E-state index contributed by atoms with van der Waals surface area (Å²) in [5, 5.41) is 13.1. The van der Waals surface area contributed by atoms with E-state index < -0.39 is 6.10 Å². The van der Waals surface area contributed by atoms with Crippen molar-refractivity contribution in [2.75, 3.05) is 40.3 Å². The van der Waals surface area contributed by atoms with E-state index in [4.69, 9.17) is 4.74 Å². The smallest absolute Gasteiger partial charge is 0.222 e. The minimum absolute atomic E-state index is 0.0936. The number of aryl methyl sites for hydroxylation is 1. The number of ether oxygens (including phenoxy) is 1. The van der Waals surface area contributed by atoms with E-state index in [2.05, 4.69) is 53.4 Å². The molecule has 1 unspecified atom stereocenters. The second-order valence-electron chi connectivity index (χ2n) is 9.16. The maximum Gasteiger partial charge on any atom is 0.222 e. The van der Waals surface area contributed by atoms with Crippen LogP contribution in [0.1, 0.15) is 24.0 Å². The van der Waals surface area contributed by atoms with E-state index in [1.165, 1.54) is 21.9 Å². The average Bonchev–Trinajstić information content (AvgIpc) is 2.86. The Hall–Kier alpha value is -3.15. The first kappa shape index (κ1) is 24.0. The van der Waals surface area contributed by atoms with Gasteiger partial charge in [0.15, 0.2) is 0 Å². The maximum atomic E-state index is 11.9. The molecule has 0 aliphatic carbocycles. The standard InChI is InChI=1S/C29H34N2O3/c1-30(2)29(33)14-13-24-8-5-6-10-28(24)34-21-27(32)20-31-17-15-23(16-18-31)26-12-11-22-7-3-4-9-25(22)19-26/h3-12,15,19,27,32H,13-14,16-18,20-21H2,1-2H3. The molecule has 4 rings (SSSR count). The zero-order valence-electron chi connectivity index (χ0n) is 20.1. The predicted molar refractivity (Wildman–Crippen MR) is 138 cm³/mol. The highest BCUT2D eigenvalue weighted by molar-refractivity contribution is 5.86. The van der Waals surface area contributed by atoms with E-state index in [1.807, 2.05) is 24.3 Å². The number of rotatable bonds is 9. The molecule has 0 fully saturated rings. The van der Waals surface area contributed by atoms with Crippen LogP contribution in [-0.2, 0) is 11.2 Å². The van der Waals surface area contributed by atoms with Crippen LogP contribution in [0.2, 0.25) is 0 Å². The molecule has 1 amide bonds. The van der Waals surface area contributed by atoms with Gasteiger partial charge in [0.05, 0.1) is 0 Å². The van der Waals surface area contributed by atoms with Crippen LogP contribution in [0, 0.1) is 0 Å². The molecule has 1 N–H and O–H groups in total. The molecular formula is C29H34N2O3. The fourth-order valence-electron chi connectivity index (χ4n) is 4.38. The SMILES string of the molecule is CN(C)C(=O)CCc1ccccc1OCC(O)CN1CC=C(c2ccc3ccccc3c2)CC1. The van der Waals surface area contributed by atoms with Gasteiger partial charge < -0.3 is 14.7 Å². The first-order chi connectivity index (χ1) is 16.5. The molecule has 1 aliphatic rings. The normalized spacial score (nSPS) is 15.1. The zero-order chi connectivity index (χ0) is 23.9. The number of β-amino-alcohol motifs (C(OH)–C–C–N with tert-alkyl or cyclic N) is 1. The van der Waals surface area contributed by atoms with E-state index in [9.17, 15) is 9.90 Å². The molecule has 0 saturated heterocycles. The largest absolute Gasteiger partial charge is 0.491 e. The lowest BCUT2D eigenvalue weighted by Crippen LogP contribution is -2.38. The van der Waals surface area contributed by atoms with Crippen LogP contribution in [-0.4, -0.2) is 67.3 Å². The van der Waals surface area contributed by atoms with Gasteiger partial charge in [0.2, 0.25) is 5.91 Å². The number of aliphatic hydroxyl groups is 1. The lowest BCUT2D eigenvalue weighted by atomic mass is 9.97. The van der Waals surface area contributed by atoms with Crippen molar-refractivity contribution in [3.05, 3.63) is 83.9 Å². The summed E-state index contributed by atoms with van der Waals surface area (Å²) in [6.07, 6.45) is 3.73. The number of para-hydroxylation sites is 1. The molecule has 1 aliphatic heterocycles. The highest BCUT2D eigenvalue weighted by Crippen LogP contribution is 2.26. The van der Waals surface area contributed by atoms with Gasteiger partial charge in [0, 0.05) is 40.2 Å². The molecule has 34 heavy (non-hydrogen) atoms. The van der Waals surface area contributed by atoms with Gasteiger partial charge in [-0.1, -0.05) is 60.7 Å². The van der Waals surface area contributed by atoms with Gasteiger partial charge in [-0.25, -0.2) is 0 Å². The maximum absolute atomic E-state index is 11.9. The number of carbonyl (C=O) groups excluding carboxylic acids is 1. The van der Waals surface area contributed by atoms with Crippen LogP contribution in [0.5, 0.6) is 5.75 Å². The number of hydrogen-bond donors (Lipinski definition) is 1. The van der Waals surface area contributed by atoms with E-state index in [1.54, 1.807) is 19.0 Å². The van der Waals surface area contributed by atoms with Gasteiger partial charge in [0.1, 0.15) is 18.5 Å². The van der Waals surface area contributed by atoms with E-state index in [0.717, 1.165) is 30.8 Å². The summed E-state index contributed by atoms with van der Waals surface area (Å²) in [7, 11) is 3.53. The number of aliphatic hydroxyl groups excluding tert-OH is 1. The monoisotopic (exact) mass is 458 g/mol. The van der Waals surface area contributed by atoms with Gasteiger partial charge in [-0.2, -0.15) is 0 Å². The van der Waals surface area contributed by atoms with Gasteiger partial charge in [0.25, 0.3) is 0 Å². The quantitative estimate of drug-likeness (QED) is 0.517. The molecule has 3 aromatic carbocycles. The number of fused-ring (bicyclic) bond motifs is 1. The summed E-state index contributed by atoms with van der Waals surface area (Å²) >= 11 is 0. The molecule has 0 aromatic heterocycles. The number of hydrogen-bond acceptors (Lipinski definition) is 4. The topological polar surface area (TPSA) is 53.0 Å². The fraction of sp³-hybridized carbons (Fsp3) is 0.345. The summed E-state index contributed by atoms with van der Waals surface area (Å²) in [4.78, 5) is 15.8. The van der Waals surface area contributed by atoms with Crippen molar-refractivity contribution in [2.24, 2.45) is 0 Å². The third-order valence-corrected chi connectivity index (χ3v) is 6.39. The van der Waals surface area contributed by atoms with E-state index >= 15 is 0 Å². The summed E-state index contributed by atoms with van der Waals surface area (Å²) in [5.74, 6) is 0.835. The Balaban J connectivity index is 1.28.